The summed E-state index contributed by atoms with van der Waals surface area (Å²) in [5.41, 5.74) is 10.1. The Labute approximate surface area is 343 Å². The Balaban J connectivity index is 1.23. The molecule has 0 saturated heterocycles. The second kappa shape index (κ2) is 20.6. The molecule has 0 aromatic heterocycles. The zero-order chi connectivity index (χ0) is 39.1. The number of hydrogen-bond donors (Lipinski definition) is 0. The Bertz CT molecular complexity index is 1970. The highest BCUT2D eigenvalue weighted by molar-refractivity contribution is 5.31. The number of benzene rings is 7. The van der Waals surface area contributed by atoms with Gasteiger partial charge in [0, 0.05) is 0 Å². The van der Waals surface area contributed by atoms with Gasteiger partial charge in [-0.3, -0.25) is 0 Å². The Hall–Kier alpha value is -5.46. The van der Waals surface area contributed by atoms with E-state index in [1.807, 2.05) is 0 Å². The van der Waals surface area contributed by atoms with Crippen LogP contribution in [0, 0.1) is 0 Å². The third-order valence-electron chi connectivity index (χ3n) is 12.6. The van der Waals surface area contributed by atoms with Crippen LogP contribution in [0.25, 0.3) is 0 Å². The van der Waals surface area contributed by atoms with Gasteiger partial charge in [0.05, 0.1) is 0 Å². The van der Waals surface area contributed by atoms with Crippen molar-refractivity contribution < 1.29 is 0 Å². The molecule has 0 nitrogen and oxygen atoms in total. The molecule has 0 heteroatoms. The van der Waals surface area contributed by atoms with Crippen LogP contribution in [0.2, 0.25) is 0 Å². The summed E-state index contributed by atoms with van der Waals surface area (Å²) < 4.78 is 0. The standard InChI is InChI=1S/C57H60/c1-44(46-24-10-3-11-25-46)38-53(48-28-14-5-15-29-48)40-55(50-32-18-7-19-33-50)42-57(52-36-22-9-23-37-52)43-56(51-34-20-8-21-35-51)41-54(49-30-16-6-17-31-49)39-45(2)47-26-12-4-13-27-47/h3-37,44-45,53-57H,38-43H2,1-2H3. The van der Waals surface area contributed by atoms with E-state index in [2.05, 4.69) is 226 Å². The van der Waals surface area contributed by atoms with Crippen LogP contribution in [0.5, 0.6) is 0 Å². The zero-order valence-electron chi connectivity index (χ0n) is 34.0. The molecule has 288 valence electrons. The van der Waals surface area contributed by atoms with Gasteiger partial charge >= 0.3 is 0 Å². The van der Waals surface area contributed by atoms with E-state index in [1.165, 1.54) is 38.9 Å². The molecule has 0 bridgehead atoms. The molecule has 7 aromatic rings. The summed E-state index contributed by atoms with van der Waals surface area (Å²) in [4.78, 5) is 0. The fraction of sp³-hybridized carbons (Fsp3) is 0.263. The molecule has 0 fully saturated rings. The van der Waals surface area contributed by atoms with E-state index in [1.54, 1.807) is 0 Å². The first kappa shape index (κ1) is 39.8. The smallest absolute Gasteiger partial charge is 0.0150 e. The fourth-order valence-corrected chi connectivity index (χ4v) is 9.53. The van der Waals surface area contributed by atoms with Crippen LogP contribution in [0.3, 0.4) is 0 Å². The maximum absolute atomic E-state index is 2.42. The van der Waals surface area contributed by atoms with Gasteiger partial charge in [-0.05, 0) is 119 Å². The predicted octanol–water partition coefficient (Wildman–Crippen LogP) is 15.9. The van der Waals surface area contributed by atoms with Crippen molar-refractivity contribution in [2.24, 2.45) is 0 Å². The van der Waals surface area contributed by atoms with E-state index in [9.17, 15) is 0 Å². The van der Waals surface area contributed by atoms with Crippen molar-refractivity contribution in [2.45, 2.75) is 93.8 Å². The Morgan fingerprint density at radius 3 is 0.561 bits per heavy atom. The van der Waals surface area contributed by atoms with Gasteiger partial charge in [-0.15, -0.1) is 0 Å². The molecular formula is C57H60. The lowest BCUT2D eigenvalue weighted by molar-refractivity contribution is 0.386. The molecule has 7 rings (SSSR count). The lowest BCUT2D eigenvalue weighted by atomic mass is 9.71. The topological polar surface area (TPSA) is 0 Å². The molecule has 0 aliphatic heterocycles. The van der Waals surface area contributed by atoms with Crippen LogP contribution < -0.4 is 0 Å². The van der Waals surface area contributed by atoms with Crippen molar-refractivity contribution >= 4 is 0 Å². The summed E-state index contributed by atoms with van der Waals surface area (Å²) in [5.74, 6) is 3.02. The minimum Gasteiger partial charge on any atom is -0.0622 e. The Morgan fingerprint density at radius 2 is 0.368 bits per heavy atom. The first-order valence-electron chi connectivity index (χ1n) is 21.4. The summed E-state index contributed by atoms with van der Waals surface area (Å²) in [5, 5.41) is 0. The van der Waals surface area contributed by atoms with E-state index in [4.69, 9.17) is 0 Å². The minimum absolute atomic E-state index is 0.396. The zero-order valence-corrected chi connectivity index (χ0v) is 34.0. The molecule has 6 unspecified atom stereocenters. The summed E-state index contributed by atoms with van der Waals surface area (Å²) in [6.45, 7) is 4.84. The van der Waals surface area contributed by atoms with Crippen LogP contribution >= 0.6 is 0 Å². The van der Waals surface area contributed by atoms with Gasteiger partial charge in [0.15, 0.2) is 0 Å². The van der Waals surface area contributed by atoms with E-state index in [0.29, 0.717) is 41.4 Å². The third kappa shape index (κ3) is 11.3. The van der Waals surface area contributed by atoms with Crippen molar-refractivity contribution in [2.75, 3.05) is 0 Å². The van der Waals surface area contributed by atoms with Crippen molar-refractivity contribution in [3.05, 3.63) is 251 Å². The number of rotatable bonds is 19. The quantitative estimate of drug-likeness (QED) is 0.0773. The molecular weight excluding hydrogens is 685 g/mol. The fourth-order valence-electron chi connectivity index (χ4n) is 9.53. The second-order valence-electron chi connectivity index (χ2n) is 16.6. The van der Waals surface area contributed by atoms with E-state index in [0.717, 1.165) is 38.5 Å². The van der Waals surface area contributed by atoms with Crippen molar-refractivity contribution in [3.8, 4) is 0 Å². The van der Waals surface area contributed by atoms with Crippen LogP contribution in [-0.4, -0.2) is 0 Å². The molecule has 7 aromatic carbocycles. The van der Waals surface area contributed by atoms with E-state index < -0.39 is 0 Å². The molecule has 0 N–H and O–H groups in total. The van der Waals surface area contributed by atoms with Gasteiger partial charge in [0.1, 0.15) is 0 Å². The highest BCUT2D eigenvalue weighted by Crippen LogP contribution is 2.46. The maximum Gasteiger partial charge on any atom is -0.0150 e. The largest absolute Gasteiger partial charge is 0.0622 e. The third-order valence-corrected chi connectivity index (χ3v) is 12.6. The Kier molecular flexibility index (Phi) is 14.4. The lowest BCUT2D eigenvalue weighted by Gasteiger charge is -2.33. The summed E-state index contributed by atoms with van der Waals surface area (Å²) in [7, 11) is 0. The van der Waals surface area contributed by atoms with Crippen LogP contribution in [0.1, 0.15) is 133 Å². The molecule has 0 saturated carbocycles. The summed E-state index contributed by atoms with van der Waals surface area (Å²) >= 11 is 0. The van der Waals surface area contributed by atoms with Crippen molar-refractivity contribution in [3.63, 3.8) is 0 Å². The first-order valence-corrected chi connectivity index (χ1v) is 21.4. The average molecular weight is 745 g/mol. The Morgan fingerprint density at radius 1 is 0.211 bits per heavy atom. The molecule has 0 amide bonds. The van der Waals surface area contributed by atoms with Gasteiger partial charge in [-0.1, -0.05) is 226 Å². The molecule has 6 atom stereocenters. The lowest BCUT2D eigenvalue weighted by Crippen LogP contribution is -2.16. The highest BCUT2D eigenvalue weighted by Gasteiger charge is 2.30. The molecule has 0 radical (unpaired) electrons. The SMILES string of the molecule is CC(CC(CC(CC(CC(CC(CC(C)c1ccccc1)c1ccccc1)c1ccccc1)c1ccccc1)c1ccccc1)c1ccccc1)c1ccccc1. The van der Waals surface area contributed by atoms with Crippen LogP contribution in [0.4, 0.5) is 0 Å². The molecule has 0 aliphatic carbocycles. The minimum atomic E-state index is 0.396. The molecule has 0 aliphatic rings. The van der Waals surface area contributed by atoms with Crippen molar-refractivity contribution in [1.29, 1.82) is 0 Å². The first-order chi connectivity index (χ1) is 28.1. The predicted molar refractivity (Wildman–Crippen MR) is 243 cm³/mol. The van der Waals surface area contributed by atoms with Gasteiger partial charge in [0.25, 0.3) is 0 Å². The van der Waals surface area contributed by atoms with Gasteiger partial charge in [-0.25, -0.2) is 0 Å². The molecule has 0 spiro atoms. The van der Waals surface area contributed by atoms with Crippen LogP contribution in [0.15, 0.2) is 212 Å². The van der Waals surface area contributed by atoms with E-state index >= 15 is 0 Å². The number of hydrogen-bond acceptors (Lipinski definition) is 0. The van der Waals surface area contributed by atoms with Gasteiger partial charge in [-0.2, -0.15) is 0 Å². The molecule has 0 heterocycles. The van der Waals surface area contributed by atoms with Crippen LogP contribution in [-0.2, 0) is 0 Å². The van der Waals surface area contributed by atoms with Gasteiger partial charge < -0.3 is 0 Å². The molecule has 57 heavy (non-hydrogen) atoms. The van der Waals surface area contributed by atoms with Crippen molar-refractivity contribution in [1.82, 2.24) is 0 Å². The monoisotopic (exact) mass is 744 g/mol. The summed E-state index contributed by atoms with van der Waals surface area (Å²) in [6, 6.07) is 79.3. The van der Waals surface area contributed by atoms with Gasteiger partial charge in [0.2, 0.25) is 0 Å². The average Bonchev–Trinajstić information content (AvgIpc) is 3.29. The maximum atomic E-state index is 2.42. The van der Waals surface area contributed by atoms with E-state index in [-0.39, 0.29) is 0 Å². The second-order valence-corrected chi connectivity index (χ2v) is 16.6. The normalized spacial score (nSPS) is 15.1. The highest BCUT2D eigenvalue weighted by atomic mass is 14.3. The summed E-state index contributed by atoms with van der Waals surface area (Å²) in [6.07, 6.45) is 6.70.